The third-order valence-electron chi connectivity index (χ3n) is 1.49. The van der Waals surface area contributed by atoms with Gasteiger partial charge in [-0.15, -0.1) is 0 Å². The molecule has 0 heterocycles. The van der Waals surface area contributed by atoms with E-state index in [1.54, 1.807) is 0 Å². The average Bonchev–Trinajstić information content (AvgIpc) is 2.15. The largest absolute Gasteiger partial charge is 0.351 e. The number of benzene rings is 1. The van der Waals surface area contributed by atoms with E-state index < -0.39 is 0 Å². The lowest BCUT2D eigenvalue weighted by Gasteiger charge is -2.02. The molecule has 0 unspecified atom stereocenters. The van der Waals surface area contributed by atoms with E-state index in [9.17, 15) is 4.79 Å². The summed E-state index contributed by atoms with van der Waals surface area (Å²) in [4.78, 5) is 11.4. The summed E-state index contributed by atoms with van der Waals surface area (Å²) in [6.07, 6.45) is 0. The van der Waals surface area contributed by atoms with E-state index in [0.29, 0.717) is 12.1 Å². The lowest BCUT2D eigenvalue weighted by Crippen LogP contribution is -2.24. The van der Waals surface area contributed by atoms with Gasteiger partial charge in [0.05, 0.1) is 0 Å². The Morgan fingerprint density at radius 1 is 1.38 bits per heavy atom. The van der Waals surface area contributed by atoms with E-state index in [1.807, 2.05) is 24.3 Å². The van der Waals surface area contributed by atoms with Gasteiger partial charge in [0.15, 0.2) is 0 Å². The van der Waals surface area contributed by atoms with Crippen LogP contribution in [0.25, 0.3) is 0 Å². The van der Waals surface area contributed by atoms with E-state index >= 15 is 0 Å². The molecule has 1 aromatic rings. The number of hydrogen-bond acceptors (Lipinski definition) is 1. The minimum atomic E-state index is -0.0177. The highest BCUT2D eigenvalue weighted by atomic mass is 127. The van der Waals surface area contributed by atoms with Crippen molar-refractivity contribution in [2.24, 2.45) is 0 Å². The van der Waals surface area contributed by atoms with Crippen LogP contribution < -0.4 is 5.32 Å². The highest BCUT2D eigenvalue weighted by Crippen LogP contribution is 2.06. The van der Waals surface area contributed by atoms with Gasteiger partial charge in [-0.3, -0.25) is 4.79 Å². The second-order valence-corrected chi connectivity index (χ2v) is 4.49. The van der Waals surface area contributed by atoms with Crippen molar-refractivity contribution in [2.45, 2.75) is 0 Å². The normalized spacial score (nSPS) is 9.69. The number of carbonyl (C=O) groups excluding carboxylic acids is 1. The van der Waals surface area contributed by atoms with Crippen LogP contribution in [0.3, 0.4) is 0 Å². The lowest BCUT2D eigenvalue weighted by molar-refractivity contribution is 0.0956. The summed E-state index contributed by atoms with van der Waals surface area (Å²) in [6, 6.07) is 7.49. The molecule has 1 amide bonds. The molecular formula is C9H9BrINO. The molecule has 0 radical (unpaired) electrons. The molecular weight excluding hydrogens is 345 g/mol. The number of halogens is 2. The van der Waals surface area contributed by atoms with Crippen molar-refractivity contribution in [3.63, 3.8) is 0 Å². The summed E-state index contributed by atoms with van der Waals surface area (Å²) in [5, 5.41) is 3.56. The molecule has 0 bridgehead atoms. The fraction of sp³-hybridized carbons (Fsp3) is 0.222. The highest BCUT2D eigenvalue weighted by Gasteiger charge is 2.02. The van der Waals surface area contributed by atoms with Crippen LogP contribution in [0.15, 0.2) is 24.3 Å². The summed E-state index contributed by atoms with van der Waals surface area (Å²) in [5.41, 5.74) is 0.710. The minimum Gasteiger partial charge on any atom is -0.351 e. The topological polar surface area (TPSA) is 29.1 Å². The summed E-state index contributed by atoms with van der Waals surface area (Å²) in [6.45, 7) is 0.658. The average molecular weight is 354 g/mol. The molecule has 0 fully saturated rings. The molecule has 70 valence electrons. The highest BCUT2D eigenvalue weighted by molar-refractivity contribution is 14.1. The van der Waals surface area contributed by atoms with Crippen LogP contribution in [0.2, 0.25) is 0 Å². The van der Waals surface area contributed by atoms with E-state index in [0.717, 1.165) is 8.90 Å². The standard InChI is InChI=1S/C9H9BrINO/c10-5-6-12-9(13)7-1-3-8(11)4-2-7/h1-4H,5-6H2,(H,12,13). The quantitative estimate of drug-likeness (QED) is 0.656. The van der Waals surface area contributed by atoms with Gasteiger partial charge in [0.2, 0.25) is 0 Å². The van der Waals surface area contributed by atoms with E-state index in [-0.39, 0.29) is 5.91 Å². The molecule has 0 atom stereocenters. The third kappa shape index (κ3) is 3.64. The zero-order chi connectivity index (χ0) is 9.68. The molecule has 4 heteroatoms. The number of amides is 1. The van der Waals surface area contributed by atoms with Crippen LogP contribution in [0.5, 0.6) is 0 Å². The molecule has 2 nitrogen and oxygen atoms in total. The van der Waals surface area contributed by atoms with Crippen molar-refractivity contribution < 1.29 is 4.79 Å². The Kier molecular flexibility index (Phi) is 4.72. The molecule has 1 aromatic carbocycles. The van der Waals surface area contributed by atoms with Crippen molar-refractivity contribution >= 4 is 44.4 Å². The summed E-state index contributed by atoms with van der Waals surface area (Å²) < 4.78 is 1.13. The molecule has 0 aliphatic heterocycles. The van der Waals surface area contributed by atoms with Gasteiger partial charge in [-0.25, -0.2) is 0 Å². The molecule has 13 heavy (non-hydrogen) atoms. The molecule has 0 aliphatic rings. The zero-order valence-corrected chi connectivity index (χ0v) is 10.6. The first-order valence-electron chi connectivity index (χ1n) is 3.84. The summed E-state index contributed by atoms with van der Waals surface area (Å²) in [5.74, 6) is -0.0177. The molecule has 0 aliphatic carbocycles. The van der Waals surface area contributed by atoms with Gasteiger partial charge in [-0.05, 0) is 46.9 Å². The number of rotatable bonds is 3. The van der Waals surface area contributed by atoms with Crippen LogP contribution in [0.1, 0.15) is 10.4 Å². The zero-order valence-electron chi connectivity index (χ0n) is 6.89. The Balaban J connectivity index is 2.61. The molecule has 0 spiro atoms. The maximum absolute atomic E-state index is 11.4. The van der Waals surface area contributed by atoms with Crippen molar-refractivity contribution in [3.05, 3.63) is 33.4 Å². The van der Waals surface area contributed by atoms with Crippen molar-refractivity contribution in [3.8, 4) is 0 Å². The van der Waals surface area contributed by atoms with Gasteiger partial charge >= 0.3 is 0 Å². The first-order valence-corrected chi connectivity index (χ1v) is 6.04. The van der Waals surface area contributed by atoms with Gasteiger partial charge in [0.1, 0.15) is 0 Å². The SMILES string of the molecule is O=C(NCCBr)c1ccc(I)cc1. The molecule has 0 aromatic heterocycles. The Hall–Kier alpha value is -0.100. The number of nitrogens with one attached hydrogen (secondary N) is 1. The Labute approximate surface area is 99.4 Å². The Morgan fingerprint density at radius 3 is 2.54 bits per heavy atom. The van der Waals surface area contributed by atoms with Gasteiger partial charge in [0, 0.05) is 21.0 Å². The number of carbonyl (C=O) groups is 1. The minimum absolute atomic E-state index is 0.0177. The smallest absolute Gasteiger partial charge is 0.251 e. The van der Waals surface area contributed by atoms with Crippen LogP contribution in [-0.4, -0.2) is 17.8 Å². The van der Waals surface area contributed by atoms with Crippen LogP contribution >= 0.6 is 38.5 Å². The van der Waals surface area contributed by atoms with Gasteiger partial charge in [0.25, 0.3) is 5.91 Å². The second kappa shape index (κ2) is 5.59. The molecule has 0 saturated carbocycles. The van der Waals surface area contributed by atoms with Crippen LogP contribution in [0.4, 0.5) is 0 Å². The van der Waals surface area contributed by atoms with Gasteiger partial charge in [-0.2, -0.15) is 0 Å². The fourth-order valence-electron chi connectivity index (χ4n) is 0.864. The number of alkyl halides is 1. The Bertz CT molecular complexity index is 286. The maximum Gasteiger partial charge on any atom is 0.251 e. The molecule has 0 saturated heterocycles. The van der Waals surface area contributed by atoms with Gasteiger partial charge in [-0.1, -0.05) is 15.9 Å². The van der Waals surface area contributed by atoms with Crippen molar-refractivity contribution in [1.29, 1.82) is 0 Å². The van der Waals surface area contributed by atoms with Crippen molar-refractivity contribution in [1.82, 2.24) is 5.32 Å². The third-order valence-corrected chi connectivity index (χ3v) is 2.60. The van der Waals surface area contributed by atoms with Crippen molar-refractivity contribution in [2.75, 3.05) is 11.9 Å². The molecule has 1 rings (SSSR count). The first kappa shape index (κ1) is 11.0. The monoisotopic (exact) mass is 353 g/mol. The predicted octanol–water partition coefficient (Wildman–Crippen LogP) is 2.42. The Morgan fingerprint density at radius 2 is 2.00 bits per heavy atom. The van der Waals surface area contributed by atoms with E-state index in [2.05, 4.69) is 43.8 Å². The predicted molar refractivity (Wildman–Crippen MR) is 65.3 cm³/mol. The van der Waals surface area contributed by atoms with Crippen LogP contribution in [-0.2, 0) is 0 Å². The second-order valence-electron chi connectivity index (χ2n) is 2.45. The first-order chi connectivity index (χ1) is 6.24. The number of hydrogen-bond donors (Lipinski definition) is 1. The maximum atomic E-state index is 11.4. The fourth-order valence-corrected chi connectivity index (χ4v) is 1.42. The summed E-state index contributed by atoms with van der Waals surface area (Å²) in [7, 11) is 0. The molecule has 1 N–H and O–H groups in total. The van der Waals surface area contributed by atoms with E-state index in [1.165, 1.54) is 0 Å². The van der Waals surface area contributed by atoms with E-state index in [4.69, 9.17) is 0 Å². The lowest BCUT2D eigenvalue weighted by atomic mass is 10.2. The van der Waals surface area contributed by atoms with Crippen LogP contribution in [0, 0.1) is 3.57 Å². The summed E-state index contributed by atoms with van der Waals surface area (Å²) >= 11 is 5.46. The van der Waals surface area contributed by atoms with Gasteiger partial charge < -0.3 is 5.32 Å².